The van der Waals surface area contributed by atoms with Crippen molar-refractivity contribution in [3.05, 3.63) is 46.8 Å². The van der Waals surface area contributed by atoms with Crippen LogP contribution in [0.15, 0.2) is 24.3 Å². The van der Waals surface area contributed by atoms with Crippen LogP contribution in [0, 0.1) is 13.8 Å². The molecule has 198 valence electrons. The Balaban J connectivity index is 1.31. The molecule has 3 aliphatic rings. The smallest absolute Gasteiger partial charge is 0.274 e. The van der Waals surface area contributed by atoms with E-state index in [9.17, 15) is 14.4 Å². The quantitative estimate of drug-likeness (QED) is 0.674. The van der Waals surface area contributed by atoms with Crippen LogP contribution in [0.4, 0.5) is 5.69 Å². The Labute approximate surface area is 218 Å². The van der Waals surface area contributed by atoms with Crippen molar-refractivity contribution >= 4 is 23.4 Å². The number of likely N-dealkylation sites (N-methyl/N-ethyl adjacent to an activating group) is 1. The molecule has 1 aliphatic carbocycles. The van der Waals surface area contributed by atoms with Crippen molar-refractivity contribution in [1.29, 1.82) is 0 Å². The Morgan fingerprint density at radius 3 is 2.46 bits per heavy atom. The van der Waals surface area contributed by atoms with Crippen LogP contribution >= 0.6 is 0 Å². The molecule has 1 saturated heterocycles. The summed E-state index contributed by atoms with van der Waals surface area (Å²) in [5.41, 5.74) is 3.24. The summed E-state index contributed by atoms with van der Waals surface area (Å²) in [6.45, 7) is 11.2. The van der Waals surface area contributed by atoms with Crippen LogP contribution in [0.25, 0.3) is 0 Å². The van der Waals surface area contributed by atoms with E-state index in [0.717, 1.165) is 38.8 Å². The number of carbonyl (C=O) groups excluding carboxylic acids is 3. The van der Waals surface area contributed by atoms with Gasteiger partial charge in [-0.15, -0.1) is 0 Å². The molecular formula is C28H38N6O3. The molecule has 1 aromatic carbocycles. The van der Waals surface area contributed by atoms with E-state index in [2.05, 4.69) is 47.4 Å². The first kappa shape index (κ1) is 25.3. The van der Waals surface area contributed by atoms with Crippen LogP contribution in [0.1, 0.15) is 71.6 Å². The molecule has 9 heteroatoms. The SMILES string of the molecule is CCN1C(=O)c2cc(C(=O)N3CCN(c4cc(C)ccc4C)CC3)nn2C[C@]1(C)C(=O)NC1CCCC1. The molecule has 1 N–H and O–H groups in total. The normalized spacial score (nSPS) is 22.4. The lowest BCUT2D eigenvalue weighted by atomic mass is 9.94. The highest BCUT2D eigenvalue weighted by Gasteiger charge is 2.48. The van der Waals surface area contributed by atoms with Crippen molar-refractivity contribution in [2.24, 2.45) is 0 Å². The highest BCUT2D eigenvalue weighted by Crippen LogP contribution is 2.29. The fourth-order valence-corrected chi connectivity index (χ4v) is 6.02. The van der Waals surface area contributed by atoms with Gasteiger partial charge >= 0.3 is 0 Å². The van der Waals surface area contributed by atoms with E-state index in [1.807, 2.05) is 11.8 Å². The predicted molar refractivity (Wildman–Crippen MR) is 142 cm³/mol. The Hall–Kier alpha value is -3.36. The average Bonchev–Trinajstić information content (AvgIpc) is 3.55. The minimum absolute atomic E-state index is 0.147. The molecule has 1 aromatic heterocycles. The molecule has 9 nitrogen and oxygen atoms in total. The fourth-order valence-electron chi connectivity index (χ4n) is 6.02. The van der Waals surface area contributed by atoms with Gasteiger partial charge in [-0.2, -0.15) is 5.10 Å². The second kappa shape index (κ2) is 9.84. The molecule has 0 unspecified atom stereocenters. The molecule has 0 spiro atoms. The van der Waals surface area contributed by atoms with Gasteiger partial charge in [-0.3, -0.25) is 19.1 Å². The van der Waals surface area contributed by atoms with E-state index in [0.29, 0.717) is 25.3 Å². The molecule has 3 heterocycles. The van der Waals surface area contributed by atoms with Gasteiger partial charge in [0.15, 0.2) is 5.69 Å². The monoisotopic (exact) mass is 506 g/mol. The number of fused-ring (bicyclic) bond motifs is 1. The number of benzene rings is 1. The van der Waals surface area contributed by atoms with E-state index < -0.39 is 5.54 Å². The summed E-state index contributed by atoms with van der Waals surface area (Å²) in [6.07, 6.45) is 4.19. The van der Waals surface area contributed by atoms with E-state index in [4.69, 9.17) is 0 Å². The molecule has 0 bridgehead atoms. The highest BCUT2D eigenvalue weighted by molar-refractivity contribution is 6.02. The number of piperazine rings is 1. The van der Waals surface area contributed by atoms with Crippen LogP contribution in [0.5, 0.6) is 0 Å². The van der Waals surface area contributed by atoms with Crippen molar-refractivity contribution in [2.75, 3.05) is 37.6 Å². The molecule has 5 rings (SSSR count). The van der Waals surface area contributed by atoms with Gasteiger partial charge in [0.2, 0.25) is 5.91 Å². The number of aryl methyl sites for hydroxylation is 2. The van der Waals surface area contributed by atoms with Crippen molar-refractivity contribution in [3.63, 3.8) is 0 Å². The third-order valence-corrected chi connectivity index (χ3v) is 8.28. The number of hydrogen-bond donors (Lipinski definition) is 1. The predicted octanol–water partition coefficient (Wildman–Crippen LogP) is 2.76. The van der Waals surface area contributed by atoms with Crippen molar-refractivity contribution < 1.29 is 14.4 Å². The lowest BCUT2D eigenvalue weighted by Gasteiger charge is -2.43. The number of nitrogens with zero attached hydrogens (tertiary/aromatic N) is 5. The summed E-state index contributed by atoms with van der Waals surface area (Å²) in [5, 5.41) is 7.70. The lowest BCUT2D eigenvalue weighted by Crippen LogP contribution is -2.64. The van der Waals surface area contributed by atoms with E-state index in [1.165, 1.54) is 16.8 Å². The molecule has 1 saturated carbocycles. The summed E-state index contributed by atoms with van der Waals surface area (Å²) in [5.74, 6) is -0.578. The number of nitrogens with one attached hydrogen (secondary N) is 1. The maximum absolute atomic E-state index is 13.4. The second-order valence-corrected chi connectivity index (χ2v) is 10.9. The second-order valence-electron chi connectivity index (χ2n) is 10.9. The Kier molecular flexibility index (Phi) is 6.72. The number of carbonyl (C=O) groups is 3. The molecule has 2 aromatic rings. The minimum Gasteiger partial charge on any atom is -0.368 e. The molecule has 2 aliphatic heterocycles. The summed E-state index contributed by atoms with van der Waals surface area (Å²) < 4.78 is 1.56. The highest BCUT2D eigenvalue weighted by atomic mass is 16.2. The van der Waals surface area contributed by atoms with Gasteiger partial charge in [-0.1, -0.05) is 25.0 Å². The zero-order valence-corrected chi connectivity index (χ0v) is 22.4. The largest absolute Gasteiger partial charge is 0.368 e. The topological polar surface area (TPSA) is 90.8 Å². The van der Waals surface area contributed by atoms with Gasteiger partial charge in [0.1, 0.15) is 11.2 Å². The average molecular weight is 507 g/mol. The maximum Gasteiger partial charge on any atom is 0.274 e. The molecule has 0 radical (unpaired) electrons. The van der Waals surface area contributed by atoms with Crippen LogP contribution in [0.2, 0.25) is 0 Å². The number of amides is 3. The van der Waals surface area contributed by atoms with Crippen LogP contribution < -0.4 is 10.2 Å². The minimum atomic E-state index is -1.05. The van der Waals surface area contributed by atoms with Gasteiger partial charge in [0.05, 0.1) is 6.54 Å². The van der Waals surface area contributed by atoms with E-state index in [1.54, 1.807) is 22.6 Å². The van der Waals surface area contributed by atoms with E-state index in [-0.39, 0.29) is 36.0 Å². The number of hydrogen-bond acceptors (Lipinski definition) is 5. The van der Waals surface area contributed by atoms with Crippen LogP contribution in [-0.2, 0) is 11.3 Å². The Morgan fingerprint density at radius 2 is 1.78 bits per heavy atom. The summed E-state index contributed by atoms with van der Waals surface area (Å²) >= 11 is 0. The molecule has 3 amide bonds. The van der Waals surface area contributed by atoms with Gasteiger partial charge in [-0.25, -0.2) is 0 Å². The summed E-state index contributed by atoms with van der Waals surface area (Å²) in [4.78, 5) is 45.9. The number of rotatable bonds is 5. The summed E-state index contributed by atoms with van der Waals surface area (Å²) in [6, 6.07) is 8.20. The van der Waals surface area contributed by atoms with Gasteiger partial charge in [-0.05, 0) is 57.7 Å². The fraction of sp³-hybridized carbons (Fsp3) is 0.571. The number of aromatic nitrogens is 2. The molecule has 2 fully saturated rings. The molecule has 1 atom stereocenters. The first-order valence-corrected chi connectivity index (χ1v) is 13.5. The third-order valence-electron chi connectivity index (χ3n) is 8.28. The molecular weight excluding hydrogens is 468 g/mol. The first-order chi connectivity index (χ1) is 17.7. The van der Waals surface area contributed by atoms with Crippen LogP contribution in [-0.4, -0.2) is 81.6 Å². The van der Waals surface area contributed by atoms with Crippen molar-refractivity contribution in [1.82, 2.24) is 24.9 Å². The van der Waals surface area contributed by atoms with Gasteiger partial charge in [0.25, 0.3) is 11.8 Å². The van der Waals surface area contributed by atoms with Gasteiger partial charge in [0, 0.05) is 50.5 Å². The van der Waals surface area contributed by atoms with Crippen molar-refractivity contribution in [2.45, 2.75) is 71.5 Å². The van der Waals surface area contributed by atoms with Crippen LogP contribution in [0.3, 0.4) is 0 Å². The van der Waals surface area contributed by atoms with Crippen molar-refractivity contribution in [3.8, 4) is 0 Å². The Bertz CT molecular complexity index is 1210. The lowest BCUT2D eigenvalue weighted by molar-refractivity contribution is -0.133. The van der Waals surface area contributed by atoms with E-state index >= 15 is 0 Å². The standard InChI is InChI=1S/C28H38N6O3/c1-5-33-26(36)24-17-22(30-34(24)18-28(33,4)27(37)29-21-8-6-7-9-21)25(35)32-14-12-31(13-15-32)23-16-19(2)10-11-20(23)3/h10-11,16-17,21H,5-9,12-15,18H2,1-4H3,(H,29,37)/t28-/m1/s1. The number of anilines is 1. The Morgan fingerprint density at radius 1 is 1.08 bits per heavy atom. The van der Waals surface area contributed by atoms with Gasteiger partial charge < -0.3 is 20.0 Å². The maximum atomic E-state index is 13.4. The third kappa shape index (κ3) is 4.60. The zero-order valence-electron chi connectivity index (χ0n) is 22.4. The molecule has 37 heavy (non-hydrogen) atoms. The first-order valence-electron chi connectivity index (χ1n) is 13.5. The summed E-state index contributed by atoms with van der Waals surface area (Å²) in [7, 11) is 0. The zero-order chi connectivity index (χ0) is 26.3.